The van der Waals surface area contributed by atoms with Gasteiger partial charge in [-0.15, -0.1) is 12.3 Å². The van der Waals surface area contributed by atoms with Crippen molar-refractivity contribution >= 4 is 5.91 Å². The molecule has 0 aromatic heterocycles. The average Bonchev–Trinajstić information content (AvgIpc) is 2.35. The van der Waals surface area contributed by atoms with Crippen LogP contribution in [-0.2, 0) is 11.3 Å². The van der Waals surface area contributed by atoms with E-state index in [-0.39, 0.29) is 12.3 Å². The van der Waals surface area contributed by atoms with E-state index in [0.717, 1.165) is 5.56 Å². The Balaban J connectivity index is 2.73. The minimum absolute atomic E-state index is 0.0862. The molecule has 96 valence electrons. The van der Waals surface area contributed by atoms with Gasteiger partial charge in [0.2, 0.25) is 5.91 Å². The number of nitrogens with zero attached hydrogens (tertiary/aromatic N) is 1. The number of nitrogens with two attached hydrogens (primary N) is 1. The first kappa shape index (κ1) is 14.3. The van der Waals surface area contributed by atoms with Crippen molar-refractivity contribution in [1.82, 2.24) is 4.90 Å². The van der Waals surface area contributed by atoms with Crippen LogP contribution >= 0.6 is 0 Å². The number of likely N-dealkylation sites (N-methyl/N-ethyl adjacent to an activating group) is 1. The first-order chi connectivity index (χ1) is 8.58. The van der Waals surface area contributed by atoms with Gasteiger partial charge in [0.25, 0.3) is 0 Å². The Hall–Kier alpha value is -1.79. The Labute approximate surface area is 109 Å². The highest BCUT2D eigenvalue weighted by Crippen LogP contribution is 2.09. The molecule has 3 heteroatoms. The van der Waals surface area contributed by atoms with Crippen molar-refractivity contribution in [2.24, 2.45) is 5.73 Å². The third-order valence-electron chi connectivity index (χ3n) is 2.80. The van der Waals surface area contributed by atoms with Gasteiger partial charge < -0.3 is 10.6 Å². The van der Waals surface area contributed by atoms with Gasteiger partial charge in [0.1, 0.15) is 0 Å². The zero-order valence-electron chi connectivity index (χ0n) is 11.0. The molecule has 0 saturated carbocycles. The van der Waals surface area contributed by atoms with E-state index in [1.165, 1.54) is 5.56 Å². The highest BCUT2D eigenvalue weighted by molar-refractivity contribution is 5.81. The van der Waals surface area contributed by atoms with Gasteiger partial charge in [0, 0.05) is 19.5 Å². The van der Waals surface area contributed by atoms with Gasteiger partial charge >= 0.3 is 0 Å². The number of carbonyl (C=O) groups excluding carboxylic acids is 1. The van der Waals surface area contributed by atoms with Crippen LogP contribution in [0.4, 0.5) is 0 Å². The van der Waals surface area contributed by atoms with Crippen LogP contribution in [0.15, 0.2) is 24.3 Å². The first-order valence-electron chi connectivity index (χ1n) is 6.11. The topological polar surface area (TPSA) is 46.3 Å². The Morgan fingerprint density at radius 2 is 2.28 bits per heavy atom. The maximum atomic E-state index is 12.1. The molecule has 1 atom stereocenters. The largest absolute Gasteiger partial charge is 0.337 e. The summed E-state index contributed by atoms with van der Waals surface area (Å²) in [6.45, 7) is 5.18. The van der Waals surface area contributed by atoms with Crippen LogP contribution in [-0.4, -0.2) is 23.4 Å². The van der Waals surface area contributed by atoms with Gasteiger partial charge in [-0.05, 0) is 19.4 Å². The van der Waals surface area contributed by atoms with Gasteiger partial charge in [0.15, 0.2) is 0 Å². The third kappa shape index (κ3) is 3.90. The Bertz CT molecular complexity index is 448. The molecule has 0 aliphatic heterocycles. The summed E-state index contributed by atoms with van der Waals surface area (Å²) < 4.78 is 0. The minimum atomic E-state index is -0.597. The van der Waals surface area contributed by atoms with Crippen molar-refractivity contribution in [2.75, 3.05) is 6.54 Å². The number of amides is 1. The van der Waals surface area contributed by atoms with E-state index < -0.39 is 6.04 Å². The molecule has 0 fully saturated rings. The van der Waals surface area contributed by atoms with Gasteiger partial charge in [-0.3, -0.25) is 4.79 Å². The van der Waals surface area contributed by atoms with Crippen molar-refractivity contribution in [3.63, 3.8) is 0 Å². The molecule has 1 unspecified atom stereocenters. The summed E-state index contributed by atoms with van der Waals surface area (Å²) in [7, 11) is 0. The van der Waals surface area contributed by atoms with Crippen molar-refractivity contribution in [1.29, 1.82) is 0 Å². The molecule has 1 amide bonds. The van der Waals surface area contributed by atoms with Crippen LogP contribution < -0.4 is 5.73 Å². The predicted octanol–water partition coefficient (Wildman–Crippen LogP) is 1.69. The molecule has 0 heterocycles. The number of benzene rings is 1. The Kier molecular flexibility index (Phi) is 5.41. The lowest BCUT2D eigenvalue weighted by molar-refractivity contribution is -0.132. The van der Waals surface area contributed by atoms with Crippen molar-refractivity contribution in [3.8, 4) is 12.3 Å². The molecule has 0 saturated heterocycles. The molecular formula is C15H20N2O. The summed E-state index contributed by atoms with van der Waals surface area (Å²) in [5.41, 5.74) is 8.05. The lowest BCUT2D eigenvalue weighted by Crippen LogP contribution is -2.43. The number of rotatable bonds is 5. The Morgan fingerprint density at radius 3 is 2.83 bits per heavy atom. The fraction of sp³-hybridized carbons (Fsp3) is 0.400. The van der Waals surface area contributed by atoms with E-state index in [1.807, 2.05) is 32.0 Å². The number of carbonyl (C=O) groups is 1. The van der Waals surface area contributed by atoms with E-state index in [9.17, 15) is 4.79 Å². The van der Waals surface area contributed by atoms with Gasteiger partial charge in [0.05, 0.1) is 6.04 Å². The van der Waals surface area contributed by atoms with Gasteiger partial charge in [-0.25, -0.2) is 0 Å². The summed E-state index contributed by atoms with van der Waals surface area (Å²) in [6, 6.07) is 7.51. The molecule has 2 N–H and O–H groups in total. The van der Waals surface area contributed by atoms with Crippen LogP contribution in [0, 0.1) is 19.3 Å². The molecule has 0 spiro atoms. The minimum Gasteiger partial charge on any atom is -0.337 e. The van der Waals surface area contributed by atoms with Crippen LogP contribution in [0.1, 0.15) is 24.5 Å². The maximum absolute atomic E-state index is 12.1. The zero-order chi connectivity index (χ0) is 13.5. The third-order valence-corrected chi connectivity index (χ3v) is 2.80. The lowest BCUT2D eigenvalue weighted by Gasteiger charge is -2.23. The second-order valence-corrected chi connectivity index (χ2v) is 4.36. The van der Waals surface area contributed by atoms with Crippen LogP contribution in [0.3, 0.4) is 0 Å². The number of hydrogen-bond donors (Lipinski definition) is 1. The monoisotopic (exact) mass is 244 g/mol. The fourth-order valence-electron chi connectivity index (χ4n) is 1.83. The van der Waals surface area contributed by atoms with E-state index in [4.69, 9.17) is 12.2 Å². The molecule has 1 aromatic rings. The molecule has 1 rings (SSSR count). The Morgan fingerprint density at radius 1 is 1.56 bits per heavy atom. The molecular weight excluding hydrogens is 224 g/mol. The molecule has 0 bridgehead atoms. The summed E-state index contributed by atoms with van der Waals surface area (Å²) in [5.74, 6) is 2.34. The van der Waals surface area contributed by atoms with E-state index >= 15 is 0 Å². The average molecular weight is 244 g/mol. The zero-order valence-corrected chi connectivity index (χ0v) is 11.0. The summed E-state index contributed by atoms with van der Waals surface area (Å²) in [6.07, 6.45) is 5.46. The fourth-order valence-corrected chi connectivity index (χ4v) is 1.83. The summed E-state index contributed by atoms with van der Waals surface area (Å²) in [5, 5.41) is 0. The molecule has 3 nitrogen and oxygen atoms in total. The number of aryl methyl sites for hydroxylation is 1. The maximum Gasteiger partial charge on any atom is 0.240 e. The normalized spacial score (nSPS) is 11.7. The molecule has 0 radical (unpaired) electrons. The van der Waals surface area contributed by atoms with Gasteiger partial charge in [-0.2, -0.15) is 0 Å². The molecule has 0 aliphatic rings. The lowest BCUT2D eigenvalue weighted by atomic mass is 10.1. The standard InChI is InChI=1S/C15H20N2O/c1-4-7-14(16)15(18)17(5-2)11-13-9-6-8-12(3)10-13/h1,6,8-10,14H,5,7,11,16H2,2-3H3. The number of terminal acetylenes is 1. The highest BCUT2D eigenvalue weighted by atomic mass is 16.2. The highest BCUT2D eigenvalue weighted by Gasteiger charge is 2.18. The first-order valence-corrected chi connectivity index (χ1v) is 6.11. The summed E-state index contributed by atoms with van der Waals surface area (Å²) in [4.78, 5) is 13.8. The second-order valence-electron chi connectivity index (χ2n) is 4.36. The molecule has 1 aromatic carbocycles. The summed E-state index contributed by atoms with van der Waals surface area (Å²) >= 11 is 0. The van der Waals surface area contributed by atoms with Crippen molar-refractivity contribution in [3.05, 3.63) is 35.4 Å². The van der Waals surface area contributed by atoms with Crippen molar-refractivity contribution < 1.29 is 4.79 Å². The van der Waals surface area contributed by atoms with E-state index in [0.29, 0.717) is 13.1 Å². The number of hydrogen-bond acceptors (Lipinski definition) is 2. The van der Waals surface area contributed by atoms with Crippen LogP contribution in [0.25, 0.3) is 0 Å². The second kappa shape index (κ2) is 6.83. The smallest absolute Gasteiger partial charge is 0.240 e. The van der Waals surface area contributed by atoms with E-state index in [2.05, 4.69) is 12.0 Å². The van der Waals surface area contributed by atoms with Gasteiger partial charge in [-0.1, -0.05) is 29.8 Å². The van der Waals surface area contributed by atoms with Crippen molar-refractivity contribution in [2.45, 2.75) is 32.9 Å². The quantitative estimate of drug-likeness (QED) is 0.801. The predicted molar refractivity (Wildman–Crippen MR) is 73.7 cm³/mol. The SMILES string of the molecule is C#CCC(N)C(=O)N(CC)Cc1cccc(C)c1. The van der Waals surface area contributed by atoms with E-state index in [1.54, 1.807) is 4.90 Å². The molecule has 0 aliphatic carbocycles. The van der Waals surface area contributed by atoms with Crippen LogP contribution in [0.2, 0.25) is 0 Å². The molecule has 18 heavy (non-hydrogen) atoms. The van der Waals surface area contributed by atoms with Crippen LogP contribution in [0.5, 0.6) is 0 Å².